The zero-order valence-electron chi connectivity index (χ0n) is 15.0. The average molecular weight is 342 g/mol. The Kier molecular flexibility index (Phi) is 5.11. The molecule has 25 heavy (non-hydrogen) atoms. The van der Waals surface area contributed by atoms with Gasteiger partial charge in [-0.2, -0.15) is 0 Å². The summed E-state index contributed by atoms with van der Waals surface area (Å²) in [5, 5.41) is 4.00. The third-order valence-corrected chi connectivity index (χ3v) is 5.44. The van der Waals surface area contributed by atoms with Crippen molar-refractivity contribution in [3.05, 3.63) is 36.0 Å². The third kappa shape index (κ3) is 3.86. The highest BCUT2D eigenvalue weighted by molar-refractivity contribution is 5.96. The zero-order chi connectivity index (χ0) is 18.0. The Balaban J connectivity index is 1.59. The molecule has 0 saturated heterocycles. The zero-order valence-corrected chi connectivity index (χ0v) is 15.0. The van der Waals surface area contributed by atoms with Gasteiger partial charge in [0.2, 0.25) is 0 Å². The topological polar surface area (TPSA) is 71.2 Å². The van der Waals surface area contributed by atoms with Crippen LogP contribution in [0.15, 0.2) is 30.3 Å². The number of carbonyl (C=O) groups excluding carboxylic acids is 2. The average Bonchev–Trinajstić information content (AvgIpc) is 3.03. The molecule has 1 amide bonds. The molecule has 1 fully saturated rings. The van der Waals surface area contributed by atoms with E-state index in [4.69, 9.17) is 4.74 Å². The number of esters is 1. The highest BCUT2D eigenvalue weighted by Gasteiger charge is 2.30. The van der Waals surface area contributed by atoms with E-state index in [-0.39, 0.29) is 11.9 Å². The molecule has 1 aliphatic rings. The summed E-state index contributed by atoms with van der Waals surface area (Å²) in [6, 6.07) is 9.53. The SMILES string of the molecule is C[C@H]1[C@@H](NC(=O)[C@@H](C)OC(=O)c2cc3ccccc3[nH]2)CCC[C@@H]1C. The lowest BCUT2D eigenvalue weighted by Gasteiger charge is -2.35. The minimum atomic E-state index is -0.816. The highest BCUT2D eigenvalue weighted by Crippen LogP contribution is 2.29. The van der Waals surface area contributed by atoms with E-state index >= 15 is 0 Å². The van der Waals surface area contributed by atoms with Crippen LogP contribution in [0.2, 0.25) is 0 Å². The number of amides is 1. The van der Waals surface area contributed by atoms with Crippen LogP contribution >= 0.6 is 0 Å². The number of hydrogen-bond donors (Lipinski definition) is 2. The molecule has 2 aromatic rings. The number of hydrogen-bond acceptors (Lipinski definition) is 3. The van der Waals surface area contributed by atoms with Gasteiger partial charge in [-0.05, 0) is 37.3 Å². The highest BCUT2D eigenvalue weighted by atomic mass is 16.5. The van der Waals surface area contributed by atoms with E-state index in [0.29, 0.717) is 17.5 Å². The fourth-order valence-corrected chi connectivity index (χ4v) is 3.55. The lowest BCUT2D eigenvalue weighted by atomic mass is 9.78. The van der Waals surface area contributed by atoms with Crippen LogP contribution in [0.3, 0.4) is 0 Å². The Labute approximate surface area is 148 Å². The van der Waals surface area contributed by atoms with Crippen molar-refractivity contribution >= 4 is 22.8 Å². The van der Waals surface area contributed by atoms with Crippen molar-refractivity contribution in [3.63, 3.8) is 0 Å². The van der Waals surface area contributed by atoms with Crippen molar-refractivity contribution in [1.29, 1.82) is 0 Å². The minimum absolute atomic E-state index is 0.158. The van der Waals surface area contributed by atoms with Crippen molar-refractivity contribution in [2.24, 2.45) is 11.8 Å². The smallest absolute Gasteiger partial charge is 0.355 e. The maximum absolute atomic E-state index is 12.4. The number of rotatable bonds is 4. The number of ether oxygens (including phenoxy) is 1. The summed E-state index contributed by atoms with van der Waals surface area (Å²) in [7, 11) is 0. The van der Waals surface area contributed by atoms with Gasteiger partial charge in [0.05, 0.1) is 0 Å². The summed E-state index contributed by atoms with van der Waals surface area (Å²) < 4.78 is 5.35. The molecule has 0 spiro atoms. The van der Waals surface area contributed by atoms with Crippen molar-refractivity contribution in [3.8, 4) is 0 Å². The number of aromatic nitrogens is 1. The van der Waals surface area contributed by atoms with Crippen LogP contribution in [-0.2, 0) is 9.53 Å². The van der Waals surface area contributed by atoms with E-state index < -0.39 is 12.1 Å². The molecule has 4 atom stereocenters. The summed E-state index contributed by atoms with van der Waals surface area (Å²) >= 11 is 0. The van der Waals surface area contributed by atoms with Gasteiger partial charge in [0, 0.05) is 16.9 Å². The molecule has 0 radical (unpaired) electrons. The first-order valence-corrected chi connectivity index (χ1v) is 9.05. The Morgan fingerprint density at radius 1 is 1.24 bits per heavy atom. The number of aromatic amines is 1. The van der Waals surface area contributed by atoms with Crippen LogP contribution in [0.1, 0.15) is 50.5 Å². The van der Waals surface area contributed by atoms with Gasteiger partial charge >= 0.3 is 5.97 Å². The standard InChI is InChI=1S/C20H26N2O3/c1-12-7-6-10-16(13(12)2)22-19(23)14(3)25-20(24)18-11-15-8-4-5-9-17(15)21-18/h4-5,8-9,11-14,16,21H,6-7,10H2,1-3H3,(H,22,23)/t12-,13+,14+,16-/m0/s1. The van der Waals surface area contributed by atoms with Crippen molar-refractivity contribution in [2.75, 3.05) is 0 Å². The lowest BCUT2D eigenvalue weighted by molar-refractivity contribution is -0.130. The molecule has 1 aromatic heterocycles. The summed E-state index contributed by atoms with van der Waals surface area (Å²) in [6.07, 6.45) is 2.50. The largest absolute Gasteiger partial charge is 0.448 e. The molecule has 1 aliphatic carbocycles. The molecule has 0 aliphatic heterocycles. The molecule has 5 heteroatoms. The first kappa shape index (κ1) is 17.5. The van der Waals surface area contributed by atoms with Crippen LogP contribution in [-0.4, -0.2) is 29.0 Å². The summed E-state index contributed by atoms with van der Waals surface area (Å²) in [5.41, 5.74) is 1.23. The van der Waals surface area contributed by atoms with Crippen LogP contribution < -0.4 is 5.32 Å². The molecule has 134 valence electrons. The van der Waals surface area contributed by atoms with Gasteiger partial charge in [-0.1, -0.05) is 44.9 Å². The number of benzene rings is 1. The minimum Gasteiger partial charge on any atom is -0.448 e. The van der Waals surface area contributed by atoms with E-state index in [2.05, 4.69) is 24.1 Å². The van der Waals surface area contributed by atoms with E-state index in [1.807, 2.05) is 24.3 Å². The maximum atomic E-state index is 12.4. The molecule has 5 nitrogen and oxygen atoms in total. The van der Waals surface area contributed by atoms with Crippen LogP contribution in [0.5, 0.6) is 0 Å². The number of fused-ring (bicyclic) bond motifs is 1. The van der Waals surface area contributed by atoms with Gasteiger partial charge in [-0.15, -0.1) is 0 Å². The predicted molar refractivity (Wildman–Crippen MR) is 97.3 cm³/mol. The molecule has 1 heterocycles. The van der Waals surface area contributed by atoms with E-state index in [1.165, 1.54) is 6.42 Å². The first-order chi connectivity index (χ1) is 12.0. The van der Waals surface area contributed by atoms with Gasteiger partial charge in [0.25, 0.3) is 5.91 Å². The summed E-state index contributed by atoms with van der Waals surface area (Å²) in [6.45, 7) is 6.02. The van der Waals surface area contributed by atoms with Gasteiger partial charge in [0.1, 0.15) is 5.69 Å². The molecule has 0 bridgehead atoms. The normalized spacial score (nSPS) is 24.7. The third-order valence-electron chi connectivity index (χ3n) is 5.44. The maximum Gasteiger partial charge on any atom is 0.355 e. The molecule has 3 rings (SSSR count). The molecular weight excluding hydrogens is 316 g/mol. The first-order valence-electron chi connectivity index (χ1n) is 9.05. The van der Waals surface area contributed by atoms with Gasteiger partial charge < -0.3 is 15.0 Å². The van der Waals surface area contributed by atoms with Crippen LogP contribution in [0.25, 0.3) is 10.9 Å². The Bertz CT molecular complexity index is 734. The predicted octanol–water partition coefficient (Wildman–Crippen LogP) is 3.65. The molecule has 1 saturated carbocycles. The number of nitrogens with one attached hydrogen (secondary N) is 2. The summed E-state index contributed by atoms with van der Waals surface area (Å²) in [5.74, 6) is 0.303. The molecule has 0 unspecified atom stereocenters. The molecular formula is C20H26N2O3. The van der Waals surface area contributed by atoms with Crippen molar-refractivity contribution in [1.82, 2.24) is 10.3 Å². The van der Waals surface area contributed by atoms with E-state index in [9.17, 15) is 9.59 Å². The van der Waals surface area contributed by atoms with Crippen LogP contribution in [0.4, 0.5) is 0 Å². The number of H-pyrrole nitrogens is 1. The Morgan fingerprint density at radius 3 is 2.76 bits per heavy atom. The van der Waals surface area contributed by atoms with E-state index in [0.717, 1.165) is 23.7 Å². The second-order valence-electron chi connectivity index (χ2n) is 7.20. The van der Waals surface area contributed by atoms with Gasteiger partial charge in [0.15, 0.2) is 6.10 Å². The Morgan fingerprint density at radius 2 is 2.00 bits per heavy atom. The quantitative estimate of drug-likeness (QED) is 0.833. The number of carbonyl (C=O) groups is 2. The van der Waals surface area contributed by atoms with Crippen LogP contribution in [0, 0.1) is 11.8 Å². The second kappa shape index (κ2) is 7.30. The lowest BCUT2D eigenvalue weighted by Crippen LogP contribution is -2.47. The summed E-state index contributed by atoms with van der Waals surface area (Å²) in [4.78, 5) is 27.7. The van der Waals surface area contributed by atoms with Crippen molar-refractivity contribution < 1.29 is 14.3 Å². The second-order valence-corrected chi connectivity index (χ2v) is 7.20. The molecule has 2 N–H and O–H groups in total. The molecule has 1 aromatic carbocycles. The fourth-order valence-electron chi connectivity index (χ4n) is 3.55. The van der Waals surface area contributed by atoms with E-state index in [1.54, 1.807) is 13.0 Å². The fraction of sp³-hybridized carbons (Fsp3) is 0.500. The van der Waals surface area contributed by atoms with Gasteiger partial charge in [-0.3, -0.25) is 4.79 Å². The monoisotopic (exact) mass is 342 g/mol. The van der Waals surface area contributed by atoms with Crippen molar-refractivity contribution in [2.45, 2.75) is 52.2 Å². The Hall–Kier alpha value is -2.30. The number of para-hydroxylation sites is 1. The van der Waals surface area contributed by atoms with Gasteiger partial charge in [-0.25, -0.2) is 4.79 Å².